The van der Waals surface area contributed by atoms with Crippen molar-refractivity contribution in [2.45, 2.75) is 33.7 Å². The van der Waals surface area contributed by atoms with Gasteiger partial charge in [0.15, 0.2) is 15.5 Å². The van der Waals surface area contributed by atoms with Crippen LogP contribution in [0.25, 0.3) is 4.85 Å². The first kappa shape index (κ1) is 25.1. The van der Waals surface area contributed by atoms with Crippen molar-refractivity contribution in [1.29, 1.82) is 0 Å². The minimum Gasteiger partial charge on any atom is -0.393 e. The Balaban J connectivity index is 2.01. The molecule has 178 valence electrons. The second-order valence-electron chi connectivity index (χ2n) is 7.68. The minimum absolute atomic E-state index is 0.166. The fourth-order valence-corrected chi connectivity index (χ4v) is 7.44. The Labute approximate surface area is 188 Å². The molecule has 1 aliphatic rings. The van der Waals surface area contributed by atoms with Gasteiger partial charge < -0.3 is 10.2 Å². The second-order valence-corrected chi connectivity index (χ2v) is 11.7. The third-order valence-electron chi connectivity index (χ3n) is 5.48. The van der Waals surface area contributed by atoms with Crippen molar-refractivity contribution in [3.05, 3.63) is 65.0 Å². The lowest BCUT2D eigenvalue weighted by molar-refractivity contribution is -0.137. The number of rotatable bonds is 5. The minimum atomic E-state index is -4.68. The molecule has 3 rings (SSSR count). The lowest BCUT2D eigenvalue weighted by Crippen LogP contribution is -2.49. The van der Waals surface area contributed by atoms with E-state index < -0.39 is 67.0 Å². The molecule has 0 spiro atoms. The molecule has 0 saturated carbocycles. The summed E-state index contributed by atoms with van der Waals surface area (Å²) in [6.45, 7) is 5.52. The van der Waals surface area contributed by atoms with Crippen molar-refractivity contribution in [3.63, 3.8) is 0 Å². The van der Waals surface area contributed by atoms with Gasteiger partial charge >= 0.3 is 6.18 Å². The molecule has 1 fully saturated rings. The van der Waals surface area contributed by atoms with Gasteiger partial charge in [0.05, 0.1) is 28.5 Å². The molecule has 8 nitrogen and oxygen atoms in total. The van der Waals surface area contributed by atoms with Crippen molar-refractivity contribution in [1.82, 2.24) is 4.31 Å². The fraction of sp³-hybridized carbons (Fsp3) is 0.350. The van der Waals surface area contributed by atoms with Gasteiger partial charge in [-0.3, -0.25) is 0 Å². The first-order valence-corrected chi connectivity index (χ1v) is 12.4. The van der Waals surface area contributed by atoms with Crippen LogP contribution in [0.1, 0.15) is 11.1 Å². The van der Waals surface area contributed by atoms with Crippen LogP contribution in [0.5, 0.6) is 0 Å². The molecule has 2 aromatic carbocycles. The molecule has 13 heteroatoms. The molecule has 0 bridgehead atoms. The highest BCUT2D eigenvalue weighted by Gasteiger charge is 2.55. The van der Waals surface area contributed by atoms with Gasteiger partial charge in [-0.2, -0.15) is 17.5 Å². The molecular weight excluding hydrogens is 485 g/mol. The first-order valence-electron chi connectivity index (χ1n) is 9.39. The maximum Gasteiger partial charge on any atom is 0.416 e. The quantitative estimate of drug-likeness (QED) is 0.603. The molecular formula is C20H19F3N2O6S2. The number of benzene rings is 2. The predicted octanol–water partition coefficient (Wildman–Crippen LogP) is 2.13. The molecule has 0 aliphatic carbocycles. The summed E-state index contributed by atoms with van der Waals surface area (Å²) in [5.74, 6) is 0. The van der Waals surface area contributed by atoms with Crippen molar-refractivity contribution in [2.75, 3.05) is 19.7 Å². The van der Waals surface area contributed by atoms with Crippen LogP contribution in [0.4, 0.5) is 18.9 Å². The highest BCUT2D eigenvalue weighted by molar-refractivity contribution is 7.92. The van der Waals surface area contributed by atoms with Crippen LogP contribution < -0.4 is 0 Å². The monoisotopic (exact) mass is 504 g/mol. The number of aryl methyl sites for hydroxylation is 1. The van der Waals surface area contributed by atoms with E-state index in [1.54, 1.807) is 0 Å². The van der Waals surface area contributed by atoms with Gasteiger partial charge in [0, 0.05) is 13.1 Å². The summed E-state index contributed by atoms with van der Waals surface area (Å²) >= 11 is 0. The largest absolute Gasteiger partial charge is 0.416 e. The molecule has 2 aromatic rings. The van der Waals surface area contributed by atoms with E-state index in [4.69, 9.17) is 6.57 Å². The maximum absolute atomic E-state index is 13.1. The average molecular weight is 505 g/mol. The highest BCUT2D eigenvalue weighted by atomic mass is 32.2. The fourth-order valence-electron chi connectivity index (χ4n) is 3.68. The van der Waals surface area contributed by atoms with Gasteiger partial charge in [-0.05, 0) is 30.7 Å². The van der Waals surface area contributed by atoms with Gasteiger partial charge in [-0.25, -0.2) is 21.7 Å². The molecule has 0 amide bonds. The maximum atomic E-state index is 13.1. The molecule has 1 heterocycles. The molecule has 2 N–H and O–H groups in total. The lowest BCUT2D eigenvalue weighted by Gasteiger charge is -2.26. The van der Waals surface area contributed by atoms with Crippen molar-refractivity contribution >= 4 is 25.5 Å². The number of sulfonamides is 1. The standard InChI is InChI=1S/C20H19F3N2O6S2/c1-13-9-14(20(21,22)23)3-8-17(13)33(30,31)25-10-18(19(27,11-25)12-26)32(28,29)16-6-4-15(24-2)5-7-16/h3-9,18,26-27H,10-12H2,1H3/t18-,19+/m0/s1. The van der Waals surface area contributed by atoms with E-state index in [1.165, 1.54) is 19.1 Å². The molecule has 33 heavy (non-hydrogen) atoms. The van der Waals surface area contributed by atoms with Crippen molar-refractivity contribution in [3.8, 4) is 0 Å². The molecule has 0 aromatic heterocycles. The summed E-state index contributed by atoms with van der Waals surface area (Å²) in [5.41, 5.74) is -3.45. The van der Waals surface area contributed by atoms with E-state index in [1.807, 2.05) is 0 Å². The summed E-state index contributed by atoms with van der Waals surface area (Å²) in [4.78, 5) is 2.39. The first-order chi connectivity index (χ1) is 15.2. The number of nitrogens with zero attached hydrogens (tertiary/aromatic N) is 2. The van der Waals surface area contributed by atoms with E-state index >= 15 is 0 Å². The third-order valence-corrected chi connectivity index (χ3v) is 9.72. The summed E-state index contributed by atoms with van der Waals surface area (Å²) in [7, 11) is -8.87. The Kier molecular flexibility index (Phi) is 6.37. The van der Waals surface area contributed by atoms with Crippen molar-refractivity contribution < 1.29 is 40.2 Å². The zero-order chi connectivity index (χ0) is 24.8. The Morgan fingerprint density at radius 1 is 1.15 bits per heavy atom. The number of sulfone groups is 1. The van der Waals surface area contributed by atoms with Gasteiger partial charge in [0.25, 0.3) is 0 Å². The second kappa shape index (κ2) is 8.37. The van der Waals surface area contributed by atoms with Crippen LogP contribution in [-0.4, -0.2) is 61.9 Å². The Morgan fingerprint density at radius 3 is 2.24 bits per heavy atom. The van der Waals surface area contributed by atoms with Gasteiger partial charge in [-0.15, -0.1) is 0 Å². The van der Waals surface area contributed by atoms with E-state index in [0.717, 1.165) is 18.2 Å². The number of aliphatic hydroxyl groups excluding tert-OH is 1. The molecule has 1 aliphatic heterocycles. The van der Waals surface area contributed by atoms with Crippen LogP contribution in [0.3, 0.4) is 0 Å². The van der Waals surface area contributed by atoms with Crippen molar-refractivity contribution in [2.24, 2.45) is 0 Å². The molecule has 2 atom stereocenters. The van der Waals surface area contributed by atoms with E-state index in [9.17, 15) is 40.2 Å². The third kappa shape index (κ3) is 4.49. The molecule has 0 unspecified atom stereocenters. The van der Waals surface area contributed by atoms with E-state index in [-0.39, 0.29) is 16.1 Å². The number of aliphatic hydroxyl groups is 2. The van der Waals surface area contributed by atoms with Crippen LogP contribution >= 0.6 is 0 Å². The smallest absolute Gasteiger partial charge is 0.393 e. The van der Waals surface area contributed by atoms with Crippen LogP contribution in [0.15, 0.2) is 52.3 Å². The molecule has 1 saturated heterocycles. The summed E-state index contributed by atoms with van der Waals surface area (Å²) in [5, 5.41) is 18.8. The van der Waals surface area contributed by atoms with Gasteiger partial charge in [0.1, 0.15) is 10.9 Å². The van der Waals surface area contributed by atoms with E-state index in [0.29, 0.717) is 16.4 Å². The Morgan fingerprint density at radius 2 is 1.76 bits per heavy atom. The van der Waals surface area contributed by atoms with Crippen LogP contribution in [0, 0.1) is 13.5 Å². The zero-order valence-corrected chi connectivity index (χ0v) is 18.7. The van der Waals surface area contributed by atoms with Crippen LogP contribution in [0.2, 0.25) is 0 Å². The topological polar surface area (TPSA) is 116 Å². The number of hydrogen-bond acceptors (Lipinski definition) is 6. The number of hydrogen-bond donors (Lipinski definition) is 2. The SMILES string of the molecule is [C-]#[N+]c1ccc(S(=O)(=O)[C@H]2CN(S(=O)(=O)c3ccc(C(F)(F)F)cc3C)C[C@@]2(O)CO)cc1. The van der Waals surface area contributed by atoms with Crippen LogP contribution in [-0.2, 0) is 26.0 Å². The highest BCUT2D eigenvalue weighted by Crippen LogP contribution is 2.37. The zero-order valence-electron chi connectivity index (χ0n) is 17.1. The number of halogens is 3. The summed E-state index contributed by atoms with van der Waals surface area (Å²) in [6, 6.07) is 6.79. The Hall–Kier alpha value is -2.50. The normalized spacial score (nSPS) is 22.3. The lowest BCUT2D eigenvalue weighted by atomic mass is 10.1. The summed E-state index contributed by atoms with van der Waals surface area (Å²) < 4.78 is 92.0. The molecule has 0 radical (unpaired) electrons. The van der Waals surface area contributed by atoms with E-state index in [2.05, 4.69) is 4.85 Å². The Bertz CT molecular complexity index is 1320. The number of alkyl halides is 3. The van der Waals surface area contributed by atoms with Gasteiger partial charge in [-0.1, -0.05) is 24.3 Å². The number of β-amino-alcohol motifs (C(OH)–C–C–N with tert-alkyl or cyclic N) is 1. The predicted molar refractivity (Wildman–Crippen MR) is 111 cm³/mol. The summed E-state index contributed by atoms with van der Waals surface area (Å²) in [6.07, 6.45) is -4.68. The van der Waals surface area contributed by atoms with Gasteiger partial charge in [0.2, 0.25) is 10.0 Å². The average Bonchev–Trinajstić information content (AvgIpc) is 3.12.